The van der Waals surface area contributed by atoms with Crippen molar-refractivity contribution in [2.45, 2.75) is 0 Å². The van der Waals surface area contributed by atoms with Crippen LogP contribution in [0.15, 0.2) is 49.3 Å². The second-order valence-corrected chi connectivity index (χ2v) is 3.22. The predicted octanol–water partition coefficient (Wildman–Crippen LogP) is 3.56. The highest BCUT2D eigenvalue weighted by Gasteiger charge is 2.07. The van der Waals surface area contributed by atoms with Gasteiger partial charge < -0.3 is 10.1 Å². The first-order valence-electron chi connectivity index (χ1n) is 5.37. The summed E-state index contributed by atoms with van der Waals surface area (Å²) in [5, 5.41) is 2.38. The van der Waals surface area contributed by atoms with E-state index in [1.54, 1.807) is 6.08 Å². The van der Waals surface area contributed by atoms with Gasteiger partial charge in [-0.3, -0.25) is 4.79 Å². The fourth-order valence-electron chi connectivity index (χ4n) is 1.04. The van der Waals surface area contributed by atoms with E-state index in [1.165, 1.54) is 19.2 Å². The van der Waals surface area contributed by atoms with E-state index in [9.17, 15) is 18.0 Å². The molecule has 0 bridgehead atoms. The van der Waals surface area contributed by atoms with Crippen molar-refractivity contribution in [1.82, 2.24) is 0 Å². The number of nitrogens with one attached hydrogen (secondary N) is 1. The number of carbonyl (C=O) groups is 1. The van der Waals surface area contributed by atoms with Crippen LogP contribution in [0.5, 0.6) is 0 Å². The van der Waals surface area contributed by atoms with E-state index in [1.807, 2.05) is 0 Å². The average molecular weight is 285 g/mol. The summed E-state index contributed by atoms with van der Waals surface area (Å²) in [5.74, 6) is -2.64. The van der Waals surface area contributed by atoms with Crippen LogP contribution in [0.25, 0.3) is 0 Å². The molecule has 20 heavy (non-hydrogen) atoms. The van der Waals surface area contributed by atoms with E-state index in [4.69, 9.17) is 0 Å². The molecule has 0 spiro atoms. The number of benzene rings is 1. The molecule has 0 saturated heterocycles. The van der Waals surface area contributed by atoms with Crippen molar-refractivity contribution in [3.8, 4) is 0 Å². The Morgan fingerprint density at radius 3 is 2.25 bits per heavy atom. The Bertz CT molecular complexity index is 513. The number of rotatable bonds is 5. The molecule has 1 N–H and O–H groups in total. The minimum absolute atomic E-state index is 0.0519. The van der Waals surface area contributed by atoms with Crippen LogP contribution in [0.2, 0.25) is 0 Å². The third-order valence-corrected chi connectivity index (χ3v) is 1.95. The van der Waals surface area contributed by atoms with E-state index in [2.05, 4.69) is 23.2 Å². The largest absolute Gasteiger partial charge is 0.429 e. The van der Waals surface area contributed by atoms with Crippen molar-refractivity contribution in [3.63, 3.8) is 0 Å². The molecule has 6 heteroatoms. The SMILES string of the molecule is C=C/C=C(\C=C)OC=O.CNc1cc(F)c(F)cc1F. The van der Waals surface area contributed by atoms with Crippen molar-refractivity contribution >= 4 is 12.2 Å². The topological polar surface area (TPSA) is 38.3 Å². The van der Waals surface area contributed by atoms with E-state index in [-0.39, 0.29) is 5.69 Å². The van der Waals surface area contributed by atoms with Crippen molar-refractivity contribution < 1.29 is 22.7 Å². The lowest BCUT2D eigenvalue weighted by Gasteiger charge is -2.01. The van der Waals surface area contributed by atoms with E-state index < -0.39 is 17.5 Å². The Kier molecular flexibility index (Phi) is 8.25. The Morgan fingerprint density at radius 2 is 1.80 bits per heavy atom. The molecule has 0 aliphatic heterocycles. The molecule has 1 aromatic carbocycles. The van der Waals surface area contributed by atoms with E-state index in [0.29, 0.717) is 18.3 Å². The fraction of sp³-hybridized carbons (Fsp3) is 0.0714. The first-order valence-corrected chi connectivity index (χ1v) is 5.37. The molecule has 0 radical (unpaired) electrons. The third kappa shape index (κ3) is 5.90. The molecule has 0 aromatic heterocycles. The van der Waals surface area contributed by atoms with Gasteiger partial charge in [-0.2, -0.15) is 0 Å². The first-order chi connectivity index (χ1) is 9.49. The van der Waals surface area contributed by atoms with Crippen LogP contribution in [0.3, 0.4) is 0 Å². The highest BCUT2D eigenvalue weighted by atomic mass is 19.2. The molecule has 0 saturated carbocycles. The van der Waals surface area contributed by atoms with Gasteiger partial charge >= 0.3 is 0 Å². The molecule has 0 atom stereocenters. The zero-order chi connectivity index (χ0) is 15.5. The maximum atomic E-state index is 12.6. The van der Waals surface area contributed by atoms with Crippen LogP contribution in [0.4, 0.5) is 18.9 Å². The van der Waals surface area contributed by atoms with Crippen molar-refractivity contribution in [1.29, 1.82) is 0 Å². The zero-order valence-corrected chi connectivity index (χ0v) is 10.8. The molecule has 0 fully saturated rings. The summed E-state index contributed by atoms with van der Waals surface area (Å²) in [6.45, 7) is 7.15. The molecule has 0 heterocycles. The van der Waals surface area contributed by atoms with Crippen LogP contribution in [-0.4, -0.2) is 13.5 Å². The summed E-state index contributed by atoms with van der Waals surface area (Å²) in [5.41, 5.74) is -0.0519. The van der Waals surface area contributed by atoms with Gasteiger partial charge in [-0.1, -0.05) is 19.2 Å². The lowest BCUT2D eigenvalue weighted by atomic mass is 10.3. The van der Waals surface area contributed by atoms with Gasteiger partial charge in [-0.05, 0) is 12.2 Å². The highest BCUT2D eigenvalue weighted by molar-refractivity contribution is 5.44. The summed E-state index contributed by atoms with van der Waals surface area (Å²) in [4.78, 5) is 9.70. The fourth-order valence-corrected chi connectivity index (χ4v) is 1.04. The molecule has 1 rings (SSSR count). The van der Waals surface area contributed by atoms with Gasteiger partial charge in [-0.15, -0.1) is 0 Å². The number of halogens is 3. The van der Waals surface area contributed by atoms with Crippen molar-refractivity contribution in [2.24, 2.45) is 0 Å². The maximum absolute atomic E-state index is 12.6. The van der Waals surface area contributed by atoms with Gasteiger partial charge in [0.1, 0.15) is 11.6 Å². The Morgan fingerprint density at radius 1 is 1.20 bits per heavy atom. The predicted molar refractivity (Wildman–Crippen MR) is 71.5 cm³/mol. The average Bonchev–Trinajstić information content (AvgIpc) is 2.43. The summed E-state index contributed by atoms with van der Waals surface area (Å²) >= 11 is 0. The second-order valence-electron chi connectivity index (χ2n) is 3.22. The summed E-state index contributed by atoms with van der Waals surface area (Å²) in [6.07, 6.45) is 4.48. The molecule has 0 aliphatic carbocycles. The van der Waals surface area contributed by atoms with Crippen LogP contribution in [0.1, 0.15) is 0 Å². The second kappa shape index (κ2) is 9.43. The lowest BCUT2D eigenvalue weighted by molar-refractivity contribution is -0.124. The molecule has 3 nitrogen and oxygen atoms in total. The highest BCUT2D eigenvalue weighted by Crippen LogP contribution is 2.17. The number of ether oxygens (including phenoxy) is 1. The van der Waals surface area contributed by atoms with Crippen molar-refractivity contribution in [2.75, 3.05) is 12.4 Å². The van der Waals surface area contributed by atoms with Gasteiger partial charge in [0, 0.05) is 19.2 Å². The summed E-state index contributed by atoms with van der Waals surface area (Å²) in [7, 11) is 1.43. The minimum atomic E-state index is -1.18. The summed E-state index contributed by atoms with van der Waals surface area (Å²) < 4.78 is 41.6. The van der Waals surface area contributed by atoms with Gasteiger partial charge in [0.15, 0.2) is 11.6 Å². The Hall–Kier alpha value is -2.50. The molecule has 1 aromatic rings. The first kappa shape index (κ1) is 17.5. The molecule has 0 amide bonds. The molecular weight excluding hydrogens is 271 g/mol. The van der Waals surface area contributed by atoms with E-state index >= 15 is 0 Å². The van der Waals surface area contributed by atoms with Crippen molar-refractivity contribution in [3.05, 3.63) is 66.7 Å². The monoisotopic (exact) mass is 285 g/mol. The Labute approximate surface area is 115 Å². The summed E-state index contributed by atoms with van der Waals surface area (Å²) in [6, 6.07) is 1.27. The van der Waals surface area contributed by atoms with Crippen LogP contribution in [-0.2, 0) is 9.53 Å². The Balaban J connectivity index is 0.000000370. The minimum Gasteiger partial charge on any atom is -0.429 e. The maximum Gasteiger partial charge on any atom is 0.298 e. The molecule has 0 aliphatic rings. The lowest BCUT2D eigenvalue weighted by Crippen LogP contribution is -1.95. The number of hydrogen-bond donors (Lipinski definition) is 1. The number of allylic oxidation sites excluding steroid dienone is 3. The smallest absolute Gasteiger partial charge is 0.298 e. The molecule has 0 unspecified atom stereocenters. The van der Waals surface area contributed by atoms with Gasteiger partial charge in [0.2, 0.25) is 0 Å². The van der Waals surface area contributed by atoms with Gasteiger partial charge in [0.25, 0.3) is 6.47 Å². The molecule has 108 valence electrons. The number of carbonyl (C=O) groups excluding carboxylic acids is 1. The van der Waals surface area contributed by atoms with Gasteiger partial charge in [-0.25, -0.2) is 13.2 Å². The van der Waals surface area contributed by atoms with Crippen LogP contribution < -0.4 is 5.32 Å². The normalized spacial score (nSPS) is 9.90. The standard InChI is InChI=1S/C7H6F3N.C7H8O2/c1-11-7-3-5(9)4(8)2-6(7)10;1-3-5-7(4-2)9-6-8/h2-3,11H,1H3;3-6H,1-2H2/b;7-5+. The van der Waals surface area contributed by atoms with Crippen LogP contribution in [0, 0.1) is 17.5 Å². The van der Waals surface area contributed by atoms with Gasteiger partial charge in [0.05, 0.1) is 5.69 Å². The number of hydrogen-bond acceptors (Lipinski definition) is 3. The van der Waals surface area contributed by atoms with E-state index in [0.717, 1.165) is 6.07 Å². The number of anilines is 1. The molecular formula is C14H14F3NO2. The zero-order valence-electron chi connectivity index (χ0n) is 10.8. The van der Waals surface area contributed by atoms with Crippen LogP contribution >= 0.6 is 0 Å². The quantitative estimate of drug-likeness (QED) is 0.389. The third-order valence-electron chi connectivity index (χ3n) is 1.95.